The lowest BCUT2D eigenvalue weighted by Gasteiger charge is -2.14. The van der Waals surface area contributed by atoms with E-state index in [1.165, 1.54) is 0 Å². The molecule has 0 saturated heterocycles. The smallest absolute Gasteiger partial charge is 0.315 e. The Morgan fingerprint density at radius 3 is 2.62 bits per heavy atom. The first-order valence-corrected chi connectivity index (χ1v) is 8.81. The summed E-state index contributed by atoms with van der Waals surface area (Å²) in [5.74, 6) is 0.858. The largest absolute Gasteiger partial charge is 0.469 e. The molecule has 2 amide bonds. The van der Waals surface area contributed by atoms with E-state index >= 15 is 0 Å². The molecule has 3 rings (SSSR count). The Kier molecular flexibility index (Phi) is 5.56. The van der Waals surface area contributed by atoms with Crippen molar-refractivity contribution in [3.8, 4) is 0 Å². The molecule has 6 heteroatoms. The topological polar surface area (TPSA) is 54.3 Å². The Labute approximate surface area is 149 Å². The van der Waals surface area contributed by atoms with Crippen LogP contribution in [0, 0.1) is 0 Å². The lowest BCUT2D eigenvalue weighted by molar-refractivity contribution is 0.240. The highest BCUT2D eigenvalue weighted by Crippen LogP contribution is 2.28. The zero-order valence-electron chi connectivity index (χ0n) is 12.9. The summed E-state index contributed by atoms with van der Waals surface area (Å²) < 4.78 is 5.51. The van der Waals surface area contributed by atoms with E-state index in [4.69, 9.17) is 16.0 Å². The first-order chi connectivity index (χ1) is 11.7. The van der Waals surface area contributed by atoms with Gasteiger partial charge in [0.2, 0.25) is 0 Å². The molecule has 0 aliphatic carbocycles. The van der Waals surface area contributed by atoms with Gasteiger partial charge in [-0.1, -0.05) is 29.8 Å². The predicted molar refractivity (Wildman–Crippen MR) is 96.6 cm³/mol. The van der Waals surface area contributed by atoms with Crippen molar-refractivity contribution < 1.29 is 9.21 Å². The maximum absolute atomic E-state index is 12.1. The van der Waals surface area contributed by atoms with E-state index in [1.54, 1.807) is 29.7 Å². The molecule has 1 aromatic carbocycles. The maximum atomic E-state index is 12.1. The highest BCUT2D eigenvalue weighted by atomic mass is 35.5. The van der Waals surface area contributed by atoms with Crippen LogP contribution in [-0.2, 0) is 6.54 Å². The number of furan rings is 1. The molecule has 0 bridgehead atoms. The second-order valence-corrected chi connectivity index (χ2v) is 6.69. The zero-order chi connectivity index (χ0) is 16.8. The van der Waals surface area contributed by atoms with Crippen molar-refractivity contribution in [2.45, 2.75) is 12.5 Å². The highest BCUT2D eigenvalue weighted by molar-refractivity contribution is 7.10. The van der Waals surface area contributed by atoms with Gasteiger partial charge >= 0.3 is 6.03 Å². The minimum atomic E-state index is -0.210. The van der Waals surface area contributed by atoms with E-state index in [2.05, 4.69) is 10.6 Å². The summed E-state index contributed by atoms with van der Waals surface area (Å²) in [4.78, 5) is 13.2. The Morgan fingerprint density at radius 1 is 1.12 bits per heavy atom. The number of amides is 2. The molecule has 24 heavy (non-hydrogen) atoms. The molecule has 0 spiro atoms. The number of rotatable bonds is 6. The predicted octanol–water partition coefficient (Wildman–Crippen LogP) is 4.63. The summed E-state index contributed by atoms with van der Waals surface area (Å²) in [6.07, 6.45) is 1.65. The van der Waals surface area contributed by atoms with Gasteiger partial charge in [0.1, 0.15) is 5.76 Å². The number of carbonyl (C=O) groups excluding carboxylic acids is 1. The van der Waals surface area contributed by atoms with Crippen molar-refractivity contribution in [1.82, 2.24) is 10.6 Å². The maximum Gasteiger partial charge on any atom is 0.315 e. The fourth-order valence-corrected chi connectivity index (χ4v) is 3.32. The number of urea groups is 1. The van der Waals surface area contributed by atoms with E-state index in [9.17, 15) is 4.79 Å². The van der Waals surface area contributed by atoms with Crippen molar-refractivity contribution in [2.24, 2.45) is 0 Å². The number of benzene rings is 1. The van der Waals surface area contributed by atoms with E-state index < -0.39 is 0 Å². The molecule has 0 aliphatic rings. The lowest BCUT2D eigenvalue weighted by atomic mass is 10.1. The number of hydrogen-bond acceptors (Lipinski definition) is 3. The first kappa shape index (κ1) is 16.6. The fraction of sp³-hybridized carbons (Fsp3) is 0.167. The van der Waals surface area contributed by atoms with Gasteiger partial charge in [0.15, 0.2) is 0 Å². The van der Waals surface area contributed by atoms with Crippen LogP contribution in [0.5, 0.6) is 0 Å². The number of nitrogens with one attached hydrogen (secondary N) is 2. The molecule has 2 aromatic heterocycles. The normalized spacial score (nSPS) is 11.9. The average molecular weight is 361 g/mol. The summed E-state index contributed by atoms with van der Waals surface area (Å²) in [5, 5.41) is 8.46. The third-order valence-electron chi connectivity index (χ3n) is 3.61. The van der Waals surface area contributed by atoms with Crippen molar-refractivity contribution in [1.29, 1.82) is 0 Å². The molecule has 3 aromatic rings. The second-order valence-electron chi connectivity index (χ2n) is 5.27. The minimum Gasteiger partial charge on any atom is -0.469 e. The molecule has 1 atom stereocenters. The standard InChI is InChI=1S/C18H17ClN2O2S/c19-14-7-5-13(6-8-14)11-20-18(22)21-12-15(16-3-1-9-23-16)17-4-2-10-24-17/h1-10,15H,11-12H2,(H2,20,21,22)/t15-/m1/s1. The van der Waals surface area contributed by atoms with Gasteiger partial charge in [-0.25, -0.2) is 4.79 Å². The van der Waals surface area contributed by atoms with Crippen LogP contribution in [0.4, 0.5) is 4.79 Å². The Balaban J connectivity index is 1.54. The van der Waals surface area contributed by atoms with Crippen LogP contribution < -0.4 is 10.6 Å². The molecule has 0 fully saturated rings. The van der Waals surface area contributed by atoms with Gasteiger partial charge in [0.25, 0.3) is 0 Å². The van der Waals surface area contributed by atoms with Crippen molar-refractivity contribution in [2.75, 3.05) is 6.54 Å². The van der Waals surface area contributed by atoms with Crippen LogP contribution in [0.15, 0.2) is 64.6 Å². The van der Waals surface area contributed by atoms with Gasteiger partial charge in [0, 0.05) is 23.0 Å². The number of hydrogen-bond donors (Lipinski definition) is 2. The SMILES string of the molecule is O=C(NCc1ccc(Cl)cc1)NC[C@H](c1ccco1)c1cccs1. The van der Waals surface area contributed by atoms with Gasteiger partial charge in [-0.2, -0.15) is 0 Å². The van der Waals surface area contributed by atoms with Crippen LogP contribution in [-0.4, -0.2) is 12.6 Å². The third kappa shape index (κ3) is 4.40. The molecule has 0 radical (unpaired) electrons. The molecular weight excluding hydrogens is 344 g/mol. The number of halogens is 1. The van der Waals surface area contributed by atoms with Gasteiger partial charge in [0.05, 0.1) is 12.2 Å². The third-order valence-corrected chi connectivity index (χ3v) is 4.84. The minimum absolute atomic E-state index is 0.0151. The van der Waals surface area contributed by atoms with E-state index in [-0.39, 0.29) is 11.9 Å². The summed E-state index contributed by atoms with van der Waals surface area (Å²) >= 11 is 7.50. The molecule has 2 N–H and O–H groups in total. The Hall–Kier alpha value is -2.24. The van der Waals surface area contributed by atoms with Crippen molar-refractivity contribution >= 4 is 29.0 Å². The van der Waals surface area contributed by atoms with Gasteiger partial charge in [-0.05, 0) is 41.3 Å². The molecular formula is C18H17ClN2O2S. The monoisotopic (exact) mass is 360 g/mol. The lowest BCUT2D eigenvalue weighted by Crippen LogP contribution is -2.37. The zero-order valence-corrected chi connectivity index (χ0v) is 14.4. The Bertz CT molecular complexity index is 721. The van der Waals surface area contributed by atoms with Gasteiger partial charge < -0.3 is 15.1 Å². The highest BCUT2D eigenvalue weighted by Gasteiger charge is 2.18. The molecule has 124 valence electrons. The van der Waals surface area contributed by atoms with Gasteiger partial charge in [-0.15, -0.1) is 11.3 Å². The fourth-order valence-electron chi connectivity index (χ4n) is 2.36. The quantitative estimate of drug-likeness (QED) is 0.673. The van der Waals surface area contributed by atoms with Crippen LogP contribution in [0.1, 0.15) is 22.1 Å². The number of carbonyl (C=O) groups is 1. The average Bonchev–Trinajstić information content (AvgIpc) is 3.29. The van der Waals surface area contributed by atoms with Crippen LogP contribution in [0.2, 0.25) is 5.02 Å². The second kappa shape index (κ2) is 8.04. The summed E-state index contributed by atoms with van der Waals surface area (Å²) in [6.45, 7) is 0.925. The summed E-state index contributed by atoms with van der Waals surface area (Å²) in [6, 6.07) is 15.0. The van der Waals surface area contributed by atoms with Crippen molar-refractivity contribution in [3.05, 3.63) is 81.4 Å². The molecule has 0 aliphatic heterocycles. The molecule has 2 heterocycles. The van der Waals surface area contributed by atoms with Crippen molar-refractivity contribution in [3.63, 3.8) is 0 Å². The number of thiophene rings is 1. The van der Waals surface area contributed by atoms with E-state index in [0.717, 1.165) is 16.2 Å². The molecule has 4 nitrogen and oxygen atoms in total. The van der Waals surface area contributed by atoms with Crippen LogP contribution >= 0.6 is 22.9 Å². The van der Waals surface area contributed by atoms with E-state index in [0.29, 0.717) is 18.1 Å². The Morgan fingerprint density at radius 2 is 1.96 bits per heavy atom. The van der Waals surface area contributed by atoms with Crippen LogP contribution in [0.25, 0.3) is 0 Å². The van der Waals surface area contributed by atoms with Gasteiger partial charge in [-0.3, -0.25) is 0 Å². The molecule has 0 saturated carbocycles. The molecule has 0 unspecified atom stereocenters. The van der Waals surface area contributed by atoms with E-state index in [1.807, 2.05) is 41.8 Å². The summed E-state index contributed by atoms with van der Waals surface area (Å²) in [5.41, 5.74) is 0.996. The first-order valence-electron chi connectivity index (χ1n) is 7.55. The summed E-state index contributed by atoms with van der Waals surface area (Å²) in [7, 11) is 0. The van der Waals surface area contributed by atoms with Crippen LogP contribution in [0.3, 0.4) is 0 Å².